The van der Waals surface area contributed by atoms with E-state index in [0.29, 0.717) is 11.5 Å². The van der Waals surface area contributed by atoms with Gasteiger partial charge in [-0.05, 0) is 58.7 Å². The predicted octanol–water partition coefficient (Wildman–Crippen LogP) is 2.24. The summed E-state index contributed by atoms with van der Waals surface area (Å²) in [5.74, 6) is 5.54. The van der Waals surface area contributed by atoms with Gasteiger partial charge in [-0.25, -0.2) is 13.4 Å². The molecule has 1 aromatic carbocycles. The summed E-state index contributed by atoms with van der Waals surface area (Å²) in [4.78, 5) is 4.19. The molecule has 2 aromatic rings. The summed E-state index contributed by atoms with van der Waals surface area (Å²) >= 11 is 3.28. The van der Waals surface area contributed by atoms with Crippen LogP contribution in [0.4, 0.5) is 11.5 Å². The molecule has 0 unspecified atom stereocenters. The lowest BCUT2D eigenvalue weighted by Crippen LogP contribution is -2.15. The monoisotopic (exact) mass is 356 g/mol. The number of pyridine rings is 1. The first kappa shape index (κ1) is 14.8. The van der Waals surface area contributed by atoms with Crippen molar-refractivity contribution in [2.24, 2.45) is 5.84 Å². The second kappa shape index (κ2) is 5.78. The topological polar surface area (TPSA) is 97.1 Å². The maximum absolute atomic E-state index is 12.2. The van der Waals surface area contributed by atoms with Gasteiger partial charge in [0.15, 0.2) is 0 Å². The number of benzene rings is 1. The first-order valence-corrected chi connectivity index (χ1v) is 7.91. The van der Waals surface area contributed by atoms with Gasteiger partial charge in [0.05, 0.1) is 4.90 Å². The van der Waals surface area contributed by atoms with Crippen LogP contribution in [0.1, 0.15) is 5.56 Å². The lowest BCUT2D eigenvalue weighted by atomic mass is 10.3. The van der Waals surface area contributed by atoms with Gasteiger partial charge in [0.1, 0.15) is 5.82 Å². The molecule has 1 aromatic heterocycles. The molecule has 0 atom stereocenters. The molecule has 0 saturated heterocycles. The minimum atomic E-state index is -3.67. The van der Waals surface area contributed by atoms with Crippen molar-refractivity contribution in [2.75, 3.05) is 10.1 Å². The molecule has 0 fully saturated rings. The number of rotatable bonds is 4. The van der Waals surface area contributed by atoms with Crippen LogP contribution in [-0.2, 0) is 10.0 Å². The van der Waals surface area contributed by atoms with Gasteiger partial charge in [-0.1, -0.05) is 0 Å². The van der Waals surface area contributed by atoms with E-state index in [0.717, 1.165) is 10.0 Å². The molecule has 0 saturated carbocycles. The number of nitrogens with two attached hydrogens (primary N) is 1. The summed E-state index contributed by atoms with van der Waals surface area (Å²) in [5.41, 5.74) is 3.79. The third-order valence-electron chi connectivity index (χ3n) is 2.61. The Hall–Kier alpha value is -1.64. The summed E-state index contributed by atoms with van der Waals surface area (Å²) < 4.78 is 27.7. The van der Waals surface area contributed by atoms with Gasteiger partial charge in [-0.3, -0.25) is 10.6 Å². The molecule has 106 valence electrons. The molecule has 0 bridgehead atoms. The van der Waals surface area contributed by atoms with Gasteiger partial charge >= 0.3 is 0 Å². The quantitative estimate of drug-likeness (QED) is 0.576. The number of sulfonamides is 1. The van der Waals surface area contributed by atoms with E-state index in [1.54, 1.807) is 25.1 Å². The molecule has 4 N–H and O–H groups in total. The van der Waals surface area contributed by atoms with Gasteiger partial charge < -0.3 is 5.43 Å². The van der Waals surface area contributed by atoms with Crippen molar-refractivity contribution in [3.05, 3.63) is 46.6 Å². The van der Waals surface area contributed by atoms with Crippen molar-refractivity contribution in [1.82, 2.24) is 4.98 Å². The molecular formula is C12H13BrN4O2S. The summed E-state index contributed by atoms with van der Waals surface area (Å²) in [5, 5.41) is 0. The highest BCUT2D eigenvalue weighted by Crippen LogP contribution is 2.21. The molecule has 0 aliphatic heterocycles. The molecule has 20 heavy (non-hydrogen) atoms. The Bertz CT molecular complexity index is 717. The Morgan fingerprint density at radius 2 is 1.90 bits per heavy atom. The molecule has 8 heteroatoms. The highest BCUT2D eigenvalue weighted by molar-refractivity contribution is 9.10. The van der Waals surface area contributed by atoms with Crippen molar-refractivity contribution in [1.29, 1.82) is 0 Å². The van der Waals surface area contributed by atoms with Crippen molar-refractivity contribution in [3.8, 4) is 0 Å². The zero-order chi connectivity index (χ0) is 14.8. The zero-order valence-corrected chi connectivity index (χ0v) is 13.0. The maximum Gasteiger partial charge on any atom is 0.263 e. The number of anilines is 2. The van der Waals surface area contributed by atoms with E-state index in [4.69, 9.17) is 5.84 Å². The molecule has 0 aliphatic rings. The van der Waals surface area contributed by atoms with Crippen LogP contribution in [0, 0.1) is 6.92 Å². The minimum Gasteiger partial charge on any atom is -0.324 e. The Balaban J connectivity index is 2.30. The van der Waals surface area contributed by atoms with E-state index in [9.17, 15) is 8.42 Å². The summed E-state index contributed by atoms with van der Waals surface area (Å²) in [6, 6.07) is 7.87. The molecule has 0 radical (unpaired) electrons. The van der Waals surface area contributed by atoms with Crippen LogP contribution in [-0.4, -0.2) is 13.4 Å². The maximum atomic E-state index is 12.2. The standard InChI is InChI=1S/C12H13BrN4O2S/c1-8-6-9(13)7-15-12(8)17-20(18,19)11-4-2-10(16-14)3-5-11/h2-7,16H,14H2,1H3,(H,15,17). The normalized spacial score (nSPS) is 11.2. The van der Waals surface area contributed by atoms with Gasteiger partial charge in [-0.2, -0.15) is 0 Å². The molecule has 2 rings (SSSR count). The van der Waals surface area contributed by atoms with Crippen LogP contribution in [0.25, 0.3) is 0 Å². The van der Waals surface area contributed by atoms with E-state index < -0.39 is 10.0 Å². The Morgan fingerprint density at radius 3 is 2.45 bits per heavy atom. The van der Waals surface area contributed by atoms with Crippen LogP contribution in [0.3, 0.4) is 0 Å². The third kappa shape index (κ3) is 3.27. The molecule has 6 nitrogen and oxygen atoms in total. The molecular weight excluding hydrogens is 344 g/mol. The van der Waals surface area contributed by atoms with Crippen molar-refractivity contribution in [3.63, 3.8) is 0 Å². The average Bonchev–Trinajstić information content (AvgIpc) is 2.42. The predicted molar refractivity (Wildman–Crippen MR) is 81.7 cm³/mol. The molecule has 1 heterocycles. The van der Waals surface area contributed by atoms with Crippen molar-refractivity contribution in [2.45, 2.75) is 11.8 Å². The number of nitrogen functional groups attached to an aromatic ring is 1. The average molecular weight is 357 g/mol. The van der Waals surface area contributed by atoms with Crippen LogP contribution >= 0.6 is 15.9 Å². The van der Waals surface area contributed by atoms with Crippen LogP contribution in [0.15, 0.2) is 45.9 Å². The second-order valence-electron chi connectivity index (χ2n) is 4.09. The molecule has 0 amide bonds. The molecule has 0 aliphatic carbocycles. The SMILES string of the molecule is Cc1cc(Br)cnc1NS(=O)(=O)c1ccc(NN)cc1. The van der Waals surface area contributed by atoms with E-state index in [1.807, 2.05) is 0 Å². The summed E-state index contributed by atoms with van der Waals surface area (Å²) in [7, 11) is -3.67. The fourth-order valence-corrected chi connectivity index (χ4v) is 3.09. The number of hydrazine groups is 1. The van der Waals surface area contributed by atoms with Crippen molar-refractivity contribution < 1.29 is 8.42 Å². The fourth-order valence-electron chi connectivity index (χ4n) is 1.56. The number of nitrogens with one attached hydrogen (secondary N) is 2. The number of hydrogen-bond donors (Lipinski definition) is 3. The first-order chi connectivity index (χ1) is 9.42. The number of halogens is 1. The Morgan fingerprint density at radius 1 is 1.25 bits per heavy atom. The Labute approximate surface area is 125 Å². The Kier molecular flexibility index (Phi) is 4.26. The largest absolute Gasteiger partial charge is 0.324 e. The lowest BCUT2D eigenvalue weighted by molar-refractivity contribution is 0.601. The van der Waals surface area contributed by atoms with E-state index in [1.165, 1.54) is 18.3 Å². The summed E-state index contributed by atoms with van der Waals surface area (Å²) in [6.07, 6.45) is 1.53. The molecule has 0 spiro atoms. The van der Waals surface area contributed by atoms with Gasteiger partial charge in [0, 0.05) is 16.4 Å². The second-order valence-corrected chi connectivity index (χ2v) is 6.69. The van der Waals surface area contributed by atoms with E-state index in [-0.39, 0.29) is 4.90 Å². The van der Waals surface area contributed by atoms with Crippen LogP contribution in [0.2, 0.25) is 0 Å². The highest BCUT2D eigenvalue weighted by Gasteiger charge is 2.16. The third-order valence-corrected chi connectivity index (χ3v) is 4.40. The van der Waals surface area contributed by atoms with Gasteiger partial charge in [-0.15, -0.1) is 0 Å². The number of nitrogens with zero attached hydrogens (tertiary/aromatic N) is 1. The number of aryl methyl sites for hydroxylation is 1. The van der Waals surface area contributed by atoms with Gasteiger partial charge in [0.2, 0.25) is 0 Å². The van der Waals surface area contributed by atoms with Gasteiger partial charge in [0.25, 0.3) is 10.0 Å². The lowest BCUT2D eigenvalue weighted by Gasteiger charge is -2.10. The van der Waals surface area contributed by atoms with Crippen molar-refractivity contribution >= 4 is 37.5 Å². The van der Waals surface area contributed by atoms with Crippen LogP contribution in [0.5, 0.6) is 0 Å². The number of hydrogen-bond acceptors (Lipinski definition) is 5. The highest BCUT2D eigenvalue weighted by atomic mass is 79.9. The van der Waals surface area contributed by atoms with E-state index >= 15 is 0 Å². The minimum absolute atomic E-state index is 0.139. The number of aromatic nitrogens is 1. The van der Waals surface area contributed by atoms with Crippen LogP contribution < -0.4 is 16.0 Å². The summed E-state index contributed by atoms with van der Waals surface area (Å²) in [6.45, 7) is 1.77. The zero-order valence-electron chi connectivity index (χ0n) is 10.6. The smallest absolute Gasteiger partial charge is 0.263 e. The van der Waals surface area contributed by atoms with E-state index in [2.05, 4.69) is 31.1 Å². The first-order valence-electron chi connectivity index (χ1n) is 5.64. The fraction of sp³-hybridized carbons (Fsp3) is 0.0833.